The van der Waals surface area contributed by atoms with E-state index in [1.807, 2.05) is 37.3 Å². The number of methoxy groups -OCH3 is 1. The number of rotatable bonds is 9. The lowest BCUT2D eigenvalue weighted by atomic mass is 10.2. The van der Waals surface area contributed by atoms with Gasteiger partial charge in [-0.15, -0.1) is 0 Å². The van der Waals surface area contributed by atoms with Gasteiger partial charge in [0.1, 0.15) is 23.0 Å². The van der Waals surface area contributed by atoms with Gasteiger partial charge in [0.15, 0.2) is 0 Å². The monoisotopic (exact) mass is 508 g/mol. The molecule has 0 N–H and O–H groups in total. The molecule has 0 amide bonds. The van der Waals surface area contributed by atoms with Crippen LogP contribution in [0, 0.1) is 6.92 Å². The SMILES string of the molecule is COc1ccc(C)cc1N=Cc1ccc(CN(Cc2ccc(Cl)cc2)S(=O)(=O)c2ccccc2)o1. The second kappa shape index (κ2) is 10.9. The zero-order chi connectivity index (χ0) is 24.8. The Morgan fingerprint density at radius 2 is 1.71 bits per heavy atom. The van der Waals surface area contributed by atoms with Gasteiger partial charge in [-0.25, -0.2) is 13.4 Å². The summed E-state index contributed by atoms with van der Waals surface area (Å²) in [5.41, 5.74) is 2.55. The van der Waals surface area contributed by atoms with E-state index in [9.17, 15) is 8.42 Å². The standard InChI is InChI=1S/C27H25ClN2O4S/c1-20-8-15-27(33-2)26(16-20)29-17-23-13-14-24(34-23)19-30(18-21-9-11-22(28)12-10-21)35(31,32)25-6-4-3-5-7-25/h3-17H,18-19H2,1-2H3. The first-order chi connectivity index (χ1) is 16.8. The highest BCUT2D eigenvalue weighted by molar-refractivity contribution is 7.89. The average molecular weight is 509 g/mol. The maximum Gasteiger partial charge on any atom is 0.243 e. The van der Waals surface area contributed by atoms with Crippen molar-refractivity contribution in [2.45, 2.75) is 24.9 Å². The molecule has 3 aromatic carbocycles. The molecule has 0 radical (unpaired) electrons. The van der Waals surface area contributed by atoms with E-state index in [0.29, 0.717) is 28.0 Å². The summed E-state index contributed by atoms with van der Waals surface area (Å²) in [5.74, 6) is 1.66. The Labute approximate surface area is 210 Å². The smallest absolute Gasteiger partial charge is 0.243 e. The summed E-state index contributed by atoms with van der Waals surface area (Å²) in [4.78, 5) is 4.70. The zero-order valence-electron chi connectivity index (χ0n) is 19.4. The lowest BCUT2D eigenvalue weighted by molar-refractivity contribution is 0.357. The molecule has 0 aliphatic heterocycles. The largest absolute Gasteiger partial charge is 0.494 e. The van der Waals surface area contributed by atoms with Gasteiger partial charge in [-0.3, -0.25) is 0 Å². The lowest BCUT2D eigenvalue weighted by Gasteiger charge is -2.21. The fraction of sp³-hybridized carbons (Fsp3) is 0.148. The van der Waals surface area contributed by atoms with Crippen LogP contribution in [0.25, 0.3) is 0 Å². The number of aliphatic imine (C=N–C) groups is 1. The molecule has 6 nitrogen and oxygen atoms in total. The fourth-order valence-corrected chi connectivity index (χ4v) is 5.06. The van der Waals surface area contributed by atoms with Crippen LogP contribution in [0.5, 0.6) is 5.75 Å². The number of aryl methyl sites for hydroxylation is 1. The molecule has 0 aliphatic carbocycles. The van der Waals surface area contributed by atoms with E-state index in [-0.39, 0.29) is 18.0 Å². The Kier molecular flexibility index (Phi) is 7.70. The Balaban J connectivity index is 1.59. The average Bonchev–Trinajstić information content (AvgIpc) is 3.31. The molecule has 0 aliphatic rings. The van der Waals surface area contributed by atoms with Gasteiger partial charge in [0, 0.05) is 11.6 Å². The third-order valence-corrected chi connectivity index (χ3v) is 7.39. The lowest BCUT2D eigenvalue weighted by Crippen LogP contribution is -2.30. The van der Waals surface area contributed by atoms with Crippen LogP contribution in [-0.4, -0.2) is 26.0 Å². The van der Waals surface area contributed by atoms with Gasteiger partial charge in [0.05, 0.1) is 24.8 Å². The summed E-state index contributed by atoms with van der Waals surface area (Å²) < 4.78 is 39.5. The van der Waals surface area contributed by atoms with Crippen LogP contribution in [0.2, 0.25) is 5.02 Å². The Bertz CT molecular complexity index is 1420. The maximum absolute atomic E-state index is 13.4. The quantitative estimate of drug-likeness (QED) is 0.245. The molecule has 0 saturated carbocycles. The highest BCUT2D eigenvalue weighted by atomic mass is 35.5. The highest BCUT2D eigenvalue weighted by Crippen LogP contribution is 2.28. The van der Waals surface area contributed by atoms with Gasteiger partial charge in [0.25, 0.3) is 0 Å². The first kappa shape index (κ1) is 24.7. The molecule has 0 bridgehead atoms. The van der Waals surface area contributed by atoms with Crippen molar-refractivity contribution in [2.24, 2.45) is 4.99 Å². The second-order valence-electron chi connectivity index (χ2n) is 7.95. The van der Waals surface area contributed by atoms with Crippen LogP contribution in [0.1, 0.15) is 22.6 Å². The van der Waals surface area contributed by atoms with Gasteiger partial charge in [-0.2, -0.15) is 4.31 Å². The second-order valence-corrected chi connectivity index (χ2v) is 10.3. The fourth-order valence-electron chi connectivity index (χ4n) is 3.52. The third kappa shape index (κ3) is 6.19. The molecule has 35 heavy (non-hydrogen) atoms. The summed E-state index contributed by atoms with van der Waals surface area (Å²) >= 11 is 6.00. The van der Waals surface area contributed by atoms with Crippen molar-refractivity contribution in [1.29, 1.82) is 0 Å². The predicted octanol–water partition coefficient (Wildman–Crippen LogP) is 6.39. The summed E-state index contributed by atoms with van der Waals surface area (Å²) in [6.07, 6.45) is 1.59. The van der Waals surface area contributed by atoms with Crippen molar-refractivity contribution in [1.82, 2.24) is 4.31 Å². The predicted molar refractivity (Wildman–Crippen MR) is 138 cm³/mol. The number of furan rings is 1. The summed E-state index contributed by atoms with van der Waals surface area (Å²) in [6.45, 7) is 2.20. The van der Waals surface area contributed by atoms with Crippen molar-refractivity contribution in [3.63, 3.8) is 0 Å². The topological polar surface area (TPSA) is 72.1 Å². The number of benzene rings is 3. The Morgan fingerprint density at radius 3 is 2.43 bits per heavy atom. The van der Waals surface area contributed by atoms with Gasteiger partial charge in [-0.05, 0) is 66.6 Å². The minimum absolute atomic E-state index is 0.0570. The molecular weight excluding hydrogens is 484 g/mol. The molecule has 0 unspecified atom stereocenters. The van der Waals surface area contributed by atoms with Crippen molar-refractivity contribution in [3.8, 4) is 5.75 Å². The van der Waals surface area contributed by atoms with E-state index < -0.39 is 10.0 Å². The number of hydrogen-bond donors (Lipinski definition) is 0. The van der Waals surface area contributed by atoms with Crippen molar-refractivity contribution < 1.29 is 17.6 Å². The molecule has 180 valence electrons. The maximum atomic E-state index is 13.4. The molecule has 0 atom stereocenters. The molecule has 1 heterocycles. The van der Waals surface area contributed by atoms with Gasteiger partial charge < -0.3 is 9.15 Å². The van der Waals surface area contributed by atoms with E-state index in [1.54, 1.807) is 67.9 Å². The van der Waals surface area contributed by atoms with E-state index in [2.05, 4.69) is 4.99 Å². The molecule has 0 spiro atoms. The van der Waals surface area contributed by atoms with E-state index in [4.69, 9.17) is 20.8 Å². The van der Waals surface area contributed by atoms with Crippen molar-refractivity contribution in [2.75, 3.05) is 7.11 Å². The minimum Gasteiger partial charge on any atom is -0.494 e. The molecule has 1 aromatic heterocycles. The Hall–Kier alpha value is -3.39. The van der Waals surface area contributed by atoms with E-state index in [0.717, 1.165) is 11.1 Å². The molecule has 4 aromatic rings. The number of hydrogen-bond acceptors (Lipinski definition) is 5. The normalized spacial score (nSPS) is 11.9. The molecule has 4 rings (SSSR count). The Morgan fingerprint density at radius 1 is 0.971 bits per heavy atom. The number of ether oxygens (including phenoxy) is 1. The summed E-state index contributed by atoms with van der Waals surface area (Å²) in [6, 6.07) is 24.7. The number of nitrogens with zero attached hydrogens (tertiary/aromatic N) is 2. The van der Waals surface area contributed by atoms with Crippen LogP contribution in [-0.2, 0) is 23.1 Å². The molecule has 8 heteroatoms. The van der Waals surface area contributed by atoms with Crippen molar-refractivity contribution in [3.05, 3.63) is 113 Å². The van der Waals surface area contributed by atoms with Crippen LogP contribution >= 0.6 is 11.6 Å². The number of sulfonamides is 1. The van der Waals surface area contributed by atoms with E-state index >= 15 is 0 Å². The highest BCUT2D eigenvalue weighted by Gasteiger charge is 2.26. The molecular formula is C27H25ClN2O4S. The van der Waals surface area contributed by atoms with E-state index in [1.165, 1.54) is 4.31 Å². The minimum atomic E-state index is -3.78. The first-order valence-corrected chi connectivity index (χ1v) is 12.7. The zero-order valence-corrected chi connectivity index (χ0v) is 21.0. The van der Waals surface area contributed by atoms with Crippen LogP contribution in [0.15, 0.2) is 99.2 Å². The number of halogens is 1. The summed E-state index contributed by atoms with van der Waals surface area (Å²) in [5, 5.41) is 0.589. The van der Waals surface area contributed by atoms with Gasteiger partial charge in [0.2, 0.25) is 10.0 Å². The molecule has 0 saturated heterocycles. The first-order valence-electron chi connectivity index (χ1n) is 10.9. The van der Waals surface area contributed by atoms with Gasteiger partial charge in [-0.1, -0.05) is 48.0 Å². The molecule has 0 fully saturated rings. The van der Waals surface area contributed by atoms with Crippen LogP contribution in [0.3, 0.4) is 0 Å². The third-order valence-electron chi connectivity index (χ3n) is 5.33. The van der Waals surface area contributed by atoms with Gasteiger partial charge >= 0.3 is 0 Å². The summed E-state index contributed by atoms with van der Waals surface area (Å²) in [7, 11) is -2.18. The van der Waals surface area contributed by atoms with Crippen LogP contribution < -0.4 is 4.74 Å². The van der Waals surface area contributed by atoms with Crippen molar-refractivity contribution >= 4 is 33.5 Å². The van der Waals surface area contributed by atoms with Crippen LogP contribution in [0.4, 0.5) is 5.69 Å².